The van der Waals surface area contributed by atoms with Crippen molar-refractivity contribution in [1.82, 2.24) is 24.9 Å². The third-order valence-corrected chi connectivity index (χ3v) is 3.85. The summed E-state index contributed by atoms with van der Waals surface area (Å²) in [6, 6.07) is -0.521. The molecule has 0 fully saturated rings. The molecule has 130 valence electrons. The number of rotatable bonds is 7. The molecule has 0 aliphatic heterocycles. The smallest absolute Gasteiger partial charge is 0.273 e. The van der Waals surface area contributed by atoms with Crippen molar-refractivity contribution in [3.63, 3.8) is 0 Å². The molecule has 0 aliphatic rings. The Morgan fingerprint density at radius 2 is 2.08 bits per heavy atom. The molecule has 0 bridgehead atoms. The van der Waals surface area contributed by atoms with Crippen molar-refractivity contribution >= 4 is 33.4 Å². The number of halogens is 1. The molecule has 1 unspecified atom stereocenters. The average Bonchev–Trinajstić information content (AvgIpc) is 3.18. The lowest BCUT2D eigenvalue weighted by Gasteiger charge is -2.12. The zero-order chi connectivity index (χ0) is 17.7. The molecule has 0 aromatic carbocycles. The molecule has 2 rings (SSSR count). The van der Waals surface area contributed by atoms with Gasteiger partial charge in [0.1, 0.15) is 6.04 Å². The molecule has 8 nitrogen and oxygen atoms in total. The van der Waals surface area contributed by atoms with Gasteiger partial charge in [0, 0.05) is 25.5 Å². The van der Waals surface area contributed by atoms with E-state index >= 15 is 0 Å². The van der Waals surface area contributed by atoms with Crippen LogP contribution in [0.3, 0.4) is 0 Å². The highest BCUT2D eigenvalue weighted by atomic mass is 79.9. The molecular weight excluding hydrogens is 376 g/mol. The summed E-state index contributed by atoms with van der Waals surface area (Å²) in [5.74, 6) is -0.570. The Labute approximate surface area is 148 Å². The summed E-state index contributed by atoms with van der Waals surface area (Å²) in [5.41, 5.74) is 0.612. The highest BCUT2D eigenvalue weighted by molar-refractivity contribution is 9.10. The van der Waals surface area contributed by atoms with Crippen molar-refractivity contribution in [2.45, 2.75) is 39.8 Å². The molecule has 0 aliphatic carbocycles. The SMILES string of the molecule is CCCNC(=O)c1nn(CC)cc1NC(=O)C(C)n1cc(Br)cn1. The van der Waals surface area contributed by atoms with E-state index in [0.717, 1.165) is 10.9 Å². The molecule has 2 amide bonds. The maximum Gasteiger partial charge on any atom is 0.273 e. The van der Waals surface area contributed by atoms with Gasteiger partial charge in [0.15, 0.2) is 5.69 Å². The molecule has 2 aromatic heterocycles. The van der Waals surface area contributed by atoms with E-state index in [1.54, 1.807) is 34.9 Å². The second-order valence-electron chi connectivity index (χ2n) is 5.31. The quantitative estimate of drug-likeness (QED) is 0.749. The Morgan fingerprint density at radius 1 is 1.33 bits per heavy atom. The van der Waals surface area contributed by atoms with E-state index < -0.39 is 6.04 Å². The number of aromatic nitrogens is 4. The third kappa shape index (κ3) is 4.22. The molecule has 2 N–H and O–H groups in total. The Hall–Kier alpha value is -2.16. The molecule has 2 aromatic rings. The van der Waals surface area contributed by atoms with E-state index in [2.05, 4.69) is 36.8 Å². The highest BCUT2D eigenvalue weighted by Crippen LogP contribution is 2.17. The summed E-state index contributed by atoms with van der Waals surface area (Å²) in [5, 5.41) is 13.9. The van der Waals surface area contributed by atoms with Crippen LogP contribution in [0.1, 0.15) is 43.7 Å². The summed E-state index contributed by atoms with van der Waals surface area (Å²) in [6.45, 7) is 6.78. The number of carbonyl (C=O) groups is 2. The fourth-order valence-electron chi connectivity index (χ4n) is 2.05. The van der Waals surface area contributed by atoms with Crippen LogP contribution in [0.15, 0.2) is 23.1 Å². The molecule has 1 atom stereocenters. The van der Waals surface area contributed by atoms with E-state index in [-0.39, 0.29) is 17.5 Å². The first-order chi connectivity index (χ1) is 11.5. The average molecular weight is 397 g/mol. The normalized spacial score (nSPS) is 12.0. The minimum absolute atomic E-state index is 0.215. The first-order valence-corrected chi connectivity index (χ1v) is 8.61. The van der Waals surface area contributed by atoms with Crippen LogP contribution in [0.25, 0.3) is 0 Å². The van der Waals surface area contributed by atoms with Gasteiger partial charge in [-0.2, -0.15) is 10.2 Å². The van der Waals surface area contributed by atoms with Crippen molar-refractivity contribution in [2.75, 3.05) is 11.9 Å². The largest absolute Gasteiger partial charge is 0.351 e. The van der Waals surface area contributed by atoms with Gasteiger partial charge < -0.3 is 10.6 Å². The number of hydrogen-bond donors (Lipinski definition) is 2. The molecule has 0 spiro atoms. The van der Waals surface area contributed by atoms with E-state index in [1.807, 2.05) is 13.8 Å². The topological polar surface area (TPSA) is 93.8 Å². The predicted octanol–water partition coefficient (Wildman–Crippen LogP) is 2.20. The highest BCUT2D eigenvalue weighted by Gasteiger charge is 2.22. The van der Waals surface area contributed by atoms with E-state index in [9.17, 15) is 9.59 Å². The minimum atomic E-state index is -0.521. The fraction of sp³-hybridized carbons (Fsp3) is 0.467. The molecule has 2 heterocycles. The van der Waals surface area contributed by atoms with Gasteiger partial charge in [-0.05, 0) is 36.2 Å². The maximum atomic E-state index is 12.5. The number of anilines is 1. The van der Waals surface area contributed by atoms with Crippen molar-refractivity contribution < 1.29 is 9.59 Å². The Morgan fingerprint density at radius 3 is 2.67 bits per heavy atom. The van der Waals surface area contributed by atoms with Gasteiger partial charge in [0.2, 0.25) is 5.91 Å². The zero-order valence-electron chi connectivity index (χ0n) is 13.9. The van der Waals surface area contributed by atoms with Gasteiger partial charge in [0.25, 0.3) is 5.91 Å². The van der Waals surface area contributed by atoms with Crippen LogP contribution < -0.4 is 10.6 Å². The molecule has 0 saturated carbocycles. The summed E-state index contributed by atoms with van der Waals surface area (Å²) in [7, 11) is 0. The Bertz CT molecular complexity index is 723. The van der Waals surface area contributed by atoms with Crippen LogP contribution >= 0.6 is 15.9 Å². The van der Waals surface area contributed by atoms with Gasteiger partial charge in [-0.3, -0.25) is 19.0 Å². The lowest BCUT2D eigenvalue weighted by Crippen LogP contribution is -2.28. The van der Waals surface area contributed by atoms with Gasteiger partial charge in [-0.25, -0.2) is 0 Å². The number of nitrogens with zero attached hydrogens (tertiary/aromatic N) is 4. The van der Waals surface area contributed by atoms with Crippen LogP contribution in [0.2, 0.25) is 0 Å². The van der Waals surface area contributed by atoms with Gasteiger partial charge in [-0.1, -0.05) is 6.92 Å². The monoisotopic (exact) mass is 396 g/mol. The van der Waals surface area contributed by atoms with Crippen LogP contribution in [0, 0.1) is 0 Å². The van der Waals surface area contributed by atoms with Crippen molar-refractivity contribution in [1.29, 1.82) is 0 Å². The number of carbonyl (C=O) groups excluding carboxylic acids is 2. The Balaban J connectivity index is 2.17. The molecular formula is C15H21BrN6O2. The predicted molar refractivity (Wildman–Crippen MR) is 93.8 cm³/mol. The van der Waals surface area contributed by atoms with Crippen molar-refractivity contribution in [3.05, 3.63) is 28.8 Å². The van der Waals surface area contributed by atoms with Crippen LogP contribution in [0.4, 0.5) is 5.69 Å². The number of nitrogens with one attached hydrogen (secondary N) is 2. The fourth-order valence-corrected chi connectivity index (χ4v) is 2.35. The maximum absolute atomic E-state index is 12.5. The minimum Gasteiger partial charge on any atom is -0.351 e. The summed E-state index contributed by atoms with van der Waals surface area (Å²) < 4.78 is 3.95. The molecule has 0 radical (unpaired) electrons. The zero-order valence-corrected chi connectivity index (χ0v) is 15.5. The van der Waals surface area contributed by atoms with Gasteiger partial charge >= 0.3 is 0 Å². The first kappa shape index (κ1) is 18.2. The second-order valence-corrected chi connectivity index (χ2v) is 6.22. The van der Waals surface area contributed by atoms with Crippen LogP contribution in [-0.2, 0) is 11.3 Å². The van der Waals surface area contributed by atoms with E-state index in [4.69, 9.17) is 0 Å². The number of hydrogen-bond acceptors (Lipinski definition) is 4. The van der Waals surface area contributed by atoms with Crippen molar-refractivity contribution in [2.24, 2.45) is 0 Å². The first-order valence-electron chi connectivity index (χ1n) is 7.82. The number of amides is 2. The van der Waals surface area contributed by atoms with Crippen LogP contribution in [0.5, 0.6) is 0 Å². The summed E-state index contributed by atoms with van der Waals surface area (Å²) in [6.07, 6.45) is 5.81. The third-order valence-electron chi connectivity index (χ3n) is 3.44. The van der Waals surface area contributed by atoms with Gasteiger partial charge in [0.05, 0.1) is 16.4 Å². The van der Waals surface area contributed by atoms with Crippen LogP contribution in [-0.4, -0.2) is 37.9 Å². The number of aryl methyl sites for hydroxylation is 1. The lowest BCUT2D eigenvalue weighted by molar-refractivity contribution is -0.119. The standard InChI is InChI=1S/C15H21BrN6O2/c1-4-6-17-15(24)13-12(9-21(5-2)20-13)19-14(23)10(3)22-8-11(16)7-18-22/h7-10H,4-6H2,1-3H3,(H,17,24)(H,19,23). The molecule has 24 heavy (non-hydrogen) atoms. The molecule has 0 saturated heterocycles. The Kier molecular flexibility index (Phi) is 6.13. The lowest BCUT2D eigenvalue weighted by atomic mass is 10.3. The second kappa shape index (κ2) is 8.09. The van der Waals surface area contributed by atoms with E-state index in [1.165, 1.54) is 0 Å². The summed E-state index contributed by atoms with van der Waals surface area (Å²) in [4.78, 5) is 24.7. The molecule has 9 heteroatoms. The summed E-state index contributed by atoms with van der Waals surface area (Å²) >= 11 is 3.30. The van der Waals surface area contributed by atoms with Gasteiger partial charge in [-0.15, -0.1) is 0 Å². The van der Waals surface area contributed by atoms with E-state index in [0.29, 0.717) is 18.8 Å². The van der Waals surface area contributed by atoms with Crippen molar-refractivity contribution in [3.8, 4) is 0 Å².